The Labute approximate surface area is 194 Å². The number of hydrogen-bond donors (Lipinski definition) is 2. The van der Waals surface area contributed by atoms with E-state index in [0.717, 1.165) is 11.1 Å². The first-order valence-electron chi connectivity index (χ1n) is 10.7. The number of carbonyl (C=O) groups is 3. The second-order valence-corrected chi connectivity index (χ2v) is 8.92. The van der Waals surface area contributed by atoms with Crippen LogP contribution in [0.25, 0.3) is 0 Å². The first-order valence-corrected chi connectivity index (χ1v) is 10.7. The summed E-state index contributed by atoms with van der Waals surface area (Å²) in [5, 5.41) is 11.4. The monoisotopic (exact) mass is 456 g/mol. The molecule has 2 aromatic carbocycles. The van der Waals surface area contributed by atoms with E-state index in [2.05, 4.69) is 5.32 Å². The average molecular weight is 457 g/mol. The van der Waals surface area contributed by atoms with Crippen LogP contribution in [0.5, 0.6) is 11.5 Å². The van der Waals surface area contributed by atoms with Gasteiger partial charge in [-0.25, -0.2) is 4.79 Å². The van der Waals surface area contributed by atoms with Crippen molar-refractivity contribution in [3.63, 3.8) is 0 Å². The highest BCUT2D eigenvalue weighted by Crippen LogP contribution is 2.23. The van der Waals surface area contributed by atoms with E-state index in [1.807, 2.05) is 24.3 Å². The lowest BCUT2D eigenvalue weighted by molar-refractivity contribution is -0.137. The first-order chi connectivity index (χ1) is 15.4. The largest absolute Gasteiger partial charge is 0.481 e. The Balaban J connectivity index is 2.01. The molecule has 0 heterocycles. The maximum absolute atomic E-state index is 12.6. The van der Waals surface area contributed by atoms with Gasteiger partial charge in [-0.2, -0.15) is 0 Å². The van der Waals surface area contributed by atoms with Gasteiger partial charge in [0.15, 0.2) is 0 Å². The molecule has 0 aliphatic carbocycles. The molecule has 1 unspecified atom stereocenters. The summed E-state index contributed by atoms with van der Waals surface area (Å²) in [4.78, 5) is 36.9. The summed E-state index contributed by atoms with van der Waals surface area (Å²) in [6, 6.07) is 13.8. The fourth-order valence-corrected chi connectivity index (χ4v) is 3.00. The number of nitrogens with zero attached hydrogens (tertiary/aromatic N) is 1. The molecule has 0 radical (unpaired) electrons. The van der Waals surface area contributed by atoms with E-state index in [-0.39, 0.29) is 12.3 Å². The number of benzene rings is 2. The molecule has 0 bridgehead atoms. The Morgan fingerprint density at radius 2 is 1.45 bits per heavy atom. The molecular formula is C25H32N2O6. The Morgan fingerprint density at radius 1 is 0.939 bits per heavy atom. The normalized spacial score (nSPS) is 11.9. The van der Waals surface area contributed by atoms with Crippen molar-refractivity contribution in [2.75, 3.05) is 14.1 Å². The second-order valence-electron chi connectivity index (χ2n) is 8.92. The van der Waals surface area contributed by atoms with Gasteiger partial charge in [-0.05, 0) is 62.6 Å². The highest BCUT2D eigenvalue weighted by atomic mass is 16.6. The Kier molecular flexibility index (Phi) is 8.85. The van der Waals surface area contributed by atoms with Gasteiger partial charge in [0.05, 0.1) is 0 Å². The van der Waals surface area contributed by atoms with Crippen molar-refractivity contribution in [1.82, 2.24) is 10.2 Å². The minimum Gasteiger partial charge on any atom is -0.481 e. The summed E-state index contributed by atoms with van der Waals surface area (Å²) in [5.74, 6) is 0.192. The minimum absolute atomic E-state index is 0.0851. The van der Waals surface area contributed by atoms with Gasteiger partial charge in [-0.3, -0.25) is 9.59 Å². The van der Waals surface area contributed by atoms with E-state index < -0.39 is 23.7 Å². The molecule has 2 rings (SSSR count). The number of rotatable bonds is 9. The van der Waals surface area contributed by atoms with Crippen LogP contribution < -0.4 is 10.1 Å². The summed E-state index contributed by atoms with van der Waals surface area (Å²) < 4.78 is 11.1. The number of aliphatic carboxylic acids is 1. The lowest BCUT2D eigenvalue weighted by atomic mass is 10.0. The molecule has 33 heavy (non-hydrogen) atoms. The number of likely N-dealkylation sites (N-methyl/N-ethyl adjacent to an activating group) is 1. The molecule has 0 saturated carbocycles. The molecule has 8 heteroatoms. The van der Waals surface area contributed by atoms with Crippen molar-refractivity contribution in [3.05, 3.63) is 59.7 Å². The number of carboxylic acid groups (broad SMARTS) is 1. The van der Waals surface area contributed by atoms with Crippen molar-refractivity contribution < 1.29 is 29.0 Å². The first kappa shape index (κ1) is 25.7. The van der Waals surface area contributed by atoms with E-state index in [4.69, 9.17) is 14.6 Å². The third-order valence-electron chi connectivity index (χ3n) is 4.58. The zero-order valence-electron chi connectivity index (χ0n) is 19.8. The molecule has 2 amide bonds. The minimum atomic E-state index is -0.828. The van der Waals surface area contributed by atoms with E-state index in [1.54, 1.807) is 59.1 Å². The predicted octanol–water partition coefficient (Wildman–Crippen LogP) is 4.02. The summed E-state index contributed by atoms with van der Waals surface area (Å²) in [6.07, 6.45) is 0.208. The average Bonchev–Trinajstić information content (AvgIpc) is 2.72. The second kappa shape index (κ2) is 11.4. The molecular weight excluding hydrogens is 424 g/mol. The maximum Gasteiger partial charge on any atom is 0.408 e. The summed E-state index contributed by atoms with van der Waals surface area (Å²) in [6.45, 7) is 5.28. The molecule has 0 aliphatic heterocycles. The van der Waals surface area contributed by atoms with E-state index in [1.165, 1.54) is 4.90 Å². The number of amides is 2. The van der Waals surface area contributed by atoms with Crippen molar-refractivity contribution in [2.45, 2.75) is 51.7 Å². The van der Waals surface area contributed by atoms with E-state index in [0.29, 0.717) is 24.3 Å². The predicted molar refractivity (Wildman–Crippen MR) is 124 cm³/mol. The highest BCUT2D eigenvalue weighted by Gasteiger charge is 2.25. The van der Waals surface area contributed by atoms with Crippen LogP contribution in [0.15, 0.2) is 48.5 Å². The van der Waals surface area contributed by atoms with Gasteiger partial charge in [0, 0.05) is 26.9 Å². The zero-order chi connectivity index (χ0) is 24.6. The summed E-state index contributed by atoms with van der Waals surface area (Å²) >= 11 is 0. The third kappa shape index (κ3) is 9.22. The van der Waals surface area contributed by atoms with Crippen molar-refractivity contribution in [2.24, 2.45) is 0 Å². The van der Waals surface area contributed by atoms with Gasteiger partial charge < -0.3 is 24.8 Å². The lowest BCUT2D eigenvalue weighted by Gasteiger charge is -2.25. The van der Waals surface area contributed by atoms with E-state index in [9.17, 15) is 14.4 Å². The van der Waals surface area contributed by atoms with Gasteiger partial charge in [0.1, 0.15) is 23.1 Å². The van der Waals surface area contributed by atoms with Crippen LogP contribution in [0, 0.1) is 0 Å². The van der Waals surface area contributed by atoms with Crippen molar-refractivity contribution in [1.29, 1.82) is 0 Å². The van der Waals surface area contributed by atoms with Crippen LogP contribution in [-0.2, 0) is 27.2 Å². The number of carbonyl (C=O) groups excluding carboxylic acids is 2. The Morgan fingerprint density at radius 3 is 1.91 bits per heavy atom. The highest BCUT2D eigenvalue weighted by molar-refractivity contribution is 5.85. The Hall–Kier alpha value is -3.55. The number of carboxylic acids is 1. The molecule has 2 N–H and O–H groups in total. The molecule has 0 spiro atoms. The number of nitrogens with one attached hydrogen (secondary N) is 1. The maximum atomic E-state index is 12.6. The topological polar surface area (TPSA) is 105 Å². The van der Waals surface area contributed by atoms with Gasteiger partial charge >= 0.3 is 12.1 Å². The number of ether oxygens (including phenoxy) is 2. The van der Waals surface area contributed by atoms with Crippen LogP contribution in [0.1, 0.15) is 38.3 Å². The van der Waals surface area contributed by atoms with Crippen LogP contribution in [0.4, 0.5) is 4.79 Å². The molecule has 1 atom stereocenters. The van der Waals surface area contributed by atoms with Crippen LogP contribution >= 0.6 is 0 Å². The van der Waals surface area contributed by atoms with Gasteiger partial charge in [-0.15, -0.1) is 0 Å². The van der Waals surface area contributed by atoms with E-state index >= 15 is 0 Å². The summed E-state index contributed by atoms with van der Waals surface area (Å²) in [7, 11) is 3.27. The van der Waals surface area contributed by atoms with Crippen LogP contribution in [0.3, 0.4) is 0 Å². The standard InChI is InChI=1S/C25H32N2O6/c1-25(2,3)33-24(31)26-21(23(30)27(4)5)16-18-8-13-20(14-9-18)32-19-11-6-17(7-12-19)10-15-22(28)29/h6-9,11-14,21H,10,15-16H2,1-5H3,(H,26,31)(H,28,29). The number of aryl methyl sites for hydroxylation is 1. The zero-order valence-corrected chi connectivity index (χ0v) is 19.8. The fourth-order valence-electron chi connectivity index (χ4n) is 3.00. The summed E-state index contributed by atoms with van der Waals surface area (Å²) in [5.41, 5.74) is 1.11. The molecule has 0 fully saturated rings. The third-order valence-corrected chi connectivity index (χ3v) is 4.58. The lowest BCUT2D eigenvalue weighted by Crippen LogP contribution is -2.48. The van der Waals surface area contributed by atoms with Gasteiger partial charge in [0.25, 0.3) is 0 Å². The Bertz CT molecular complexity index is 946. The quantitative estimate of drug-likeness (QED) is 0.590. The number of alkyl carbamates (subject to hydrolysis) is 1. The fraction of sp³-hybridized carbons (Fsp3) is 0.400. The molecule has 0 aliphatic rings. The molecule has 8 nitrogen and oxygen atoms in total. The molecule has 2 aromatic rings. The SMILES string of the molecule is CN(C)C(=O)C(Cc1ccc(Oc2ccc(CCC(=O)O)cc2)cc1)NC(=O)OC(C)(C)C. The van der Waals surface area contributed by atoms with Gasteiger partial charge in [0.2, 0.25) is 5.91 Å². The van der Waals surface area contributed by atoms with Crippen molar-refractivity contribution >= 4 is 18.0 Å². The van der Waals surface area contributed by atoms with Crippen LogP contribution in [-0.4, -0.2) is 53.7 Å². The molecule has 0 saturated heterocycles. The van der Waals surface area contributed by atoms with Crippen molar-refractivity contribution in [3.8, 4) is 11.5 Å². The van der Waals surface area contributed by atoms with Crippen LogP contribution in [0.2, 0.25) is 0 Å². The molecule has 178 valence electrons. The molecule has 0 aromatic heterocycles. The number of hydrogen-bond acceptors (Lipinski definition) is 5. The smallest absolute Gasteiger partial charge is 0.408 e. The van der Waals surface area contributed by atoms with Gasteiger partial charge in [-0.1, -0.05) is 24.3 Å².